The Morgan fingerprint density at radius 2 is 1.32 bits per heavy atom. The number of carboxylic acid groups (broad SMARTS) is 3. The van der Waals surface area contributed by atoms with Gasteiger partial charge in [0, 0.05) is 57.1 Å². The topological polar surface area (TPSA) is 179 Å². The Kier molecular flexibility index (Phi) is 15.5. The van der Waals surface area contributed by atoms with Gasteiger partial charge in [-0.1, -0.05) is 6.07 Å². The zero-order chi connectivity index (χ0) is 36.0. The Morgan fingerprint density at radius 1 is 0.809 bits per heavy atom. The number of ether oxygens (including phenoxy) is 1. The third-order valence-electron chi connectivity index (χ3n) is 6.04. The minimum atomic E-state index is -5.08. The molecule has 3 atom stereocenters. The molecule has 4 heterocycles. The zero-order valence-electron chi connectivity index (χ0n) is 23.7. The van der Waals surface area contributed by atoms with Crippen LogP contribution in [-0.4, -0.2) is 97.8 Å². The van der Waals surface area contributed by atoms with Gasteiger partial charge in [0.15, 0.2) is 0 Å². The summed E-state index contributed by atoms with van der Waals surface area (Å²) in [6.07, 6.45) is -6.09. The lowest BCUT2D eigenvalue weighted by Gasteiger charge is -2.40. The maximum absolute atomic E-state index is 12.7. The van der Waals surface area contributed by atoms with Crippen molar-refractivity contribution in [2.75, 3.05) is 13.2 Å². The van der Waals surface area contributed by atoms with E-state index in [4.69, 9.17) is 34.4 Å². The van der Waals surface area contributed by atoms with Crippen molar-refractivity contribution in [3.63, 3.8) is 0 Å². The first kappa shape index (κ1) is 40.5. The highest BCUT2D eigenvalue weighted by Crippen LogP contribution is 2.32. The van der Waals surface area contributed by atoms with E-state index >= 15 is 0 Å². The van der Waals surface area contributed by atoms with Gasteiger partial charge in [0.2, 0.25) is 5.91 Å². The molecule has 2 saturated heterocycles. The van der Waals surface area contributed by atoms with E-state index in [2.05, 4.69) is 20.2 Å². The van der Waals surface area contributed by atoms with Gasteiger partial charge in [0.1, 0.15) is 0 Å². The summed E-state index contributed by atoms with van der Waals surface area (Å²) in [5.41, 5.74) is 2.24. The number of nitrogens with one attached hydrogen (secondary N) is 1. The van der Waals surface area contributed by atoms with Crippen molar-refractivity contribution in [1.29, 1.82) is 0 Å². The number of carboxylic acids is 3. The molecule has 0 radical (unpaired) electrons. The van der Waals surface area contributed by atoms with E-state index in [0.717, 1.165) is 38.1 Å². The predicted molar refractivity (Wildman–Crippen MR) is 138 cm³/mol. The van der Waals surface area contributed by atoms with Crippen LogP contribution in [0.1, 0.15) is 24.0 Å². The summed E-state index contributed by atoms with van der Waals surface area (Å²) in [7, 11) is 0. The summed E-state index contributed by atoms with van der Waals surface area (Å²) in [6, 6.07) is 8.34. The van der Waals surface area contributed by atoms with Gasteiger partial charge < -0.3 is 25.4 Å². The lowest BCUT2D eigenvalue weighted by atomic mass is 9.89. The zero-order valence-corrected chi connectivity index (χ0v) is 23.7. The molecule has 0 saturated carbocycles. The number of aromatic nitrogens is 2. The first-order chi connectivity index (χ1) is 21.6. The van der Waals surface area contributed by atoms with E-state index in [1.54, 1.807) is 12.4 Å². The van der Waals surface area contributed by atoms with Crippen molar-refractivity contribution >= 4 is 23.8 Å². The quantitative estimate of drug-likeness (QED) is 0.336. The van der Waals surface area contributed by atoms with Crippen molar-refractivity contribution < 1.29 is 78.7 Å². The molecule has 2 aliphatic rings. The second-order valence-corrected chi connectivity index (χ2v) is 9.47. The molecular weight excluding hydrogens is 667 g/mol. The number of hydrogen-bond acceptors (Lipinski definition) is 8. The normalized spacial score (nSPS) is 19.2. The number of rotatable bonds is 5. The van der Waals surface area contributed by atoms with Gasteiger partial charge >= 0.3 is 36.4 Å². The van der Waals surface area contributed by atoms with Crippen LogP contribution in [0.15, 0.2) is 49.1 Å². The maximum atomic E-state index is 12.7. The molecule has 0 aliphatic carbocycles. The van der Waals surface area contributed by atoms with Gasteiger partial charge in [-0.05, 0) is 42.2 Å². The summed E-state index contributed by atoms with van der Waals surface area (Å²) >= 11 is 0. The van der Waals surface area contributed by atoms with E-state index in [9.17, 15) is 44.3 Å². The number of likely N-dealkylation sites (tertiary alicyclic amines) is 1. The molecule has 2 aromatic heterocycles. The second-order valence-electron chi connectivity index (χ2n) is 9.47. The van der Waals surface area contributed by atoms with Gasteiger partial charge in [0.05, 0.1) is 12.0 Å². The lowest BCUT2D eigenvalue weighted by Crippen LogP contribution is -2.52. The molecule has 0 spiro atoms. The SMILES string of the molecule is O=C(NCc1cccnc1)[C@@H]1C[C@H]2OCC[C@H]2N(Cc2ccncc2)C1.O=C(O)C(F)(F)F.O=C(O)C(F)(F)F.O=C(O)C(F)(F)F. The number of carbonyl (C=O) groups excluding carboxylic acids is 1. The molecule has 0 aromatic carbocycles. The number of halogens is 9. The number of carbonyl (C=O) groups is 4. The smallest absolute Gasteiger partial charge is 0.475 e. The number of piperidine rings is 1. The van der Waals surface area contributed by atoms with Crippen LogP contribution in [0.25, 0.3) is 0 Å². The van der Waals surface area contributed by atoms with Crippen molar-refractivity contribution in [2.45, 2.75) is 56.6 Å². The molecule has 21 heteroatoms. The highest BCUT2D eigenvalue weighted by molar-refractivity contribution is 5.79. The van der Waals surface area contributed by atoms with Crippen LogP contribution in [0.5, 0.6) is 0 Å². The van der Waals surface area contributed by atoms with Crippen LogP contribution in [0.4, 0.5) is 39.5 Å². The van der Waals surface area contributed by atoms with Gasteiger partial charge in [-0.15, -0.1) is 0 Å². The summed E-state index contributed by atoms with van der Waals surface area (Å²) in [4.78, 5) is 50.0. The number of alkyl halides is 9. The van der Waals surface area contributed by atoms with Crippen molar-refractivity contribution in [2.24, 2.45) is 5.92 Å². The minimum Gasteiger partial charge on any atom is -0.475 e. The fourth-order valence-electron chi connectivity index (χ4n) is 3.98. The standard InChI is InChI=1S/C20H24N4O2.3C2HF3O2/c25-20(23-12-16-2-1-6-22-11-16)17-10-19-18(5-9-26-19)24(14-17)13-15-3-7-21-8-4-15;3*3-2(4,5)1(6)7/h1-4,6-8,11,17-19H,5,9-10,12-14H2,(H,23,25);3*(H,6,7)/t17-,18-,19-;;;/m1.../s1. The number of nitrogens with zero attached hydrogens (tertiary/aromatic N) is 3. The van der Waals surface area contributed by atoms with Crippen LogP contribution >= 0.6 is 0 Å². The fourth-order valence-corrected chi connectivity index (χ4v) is 3.98. The summed E-state index contributed by atoms with van der Waals surface area (Å²) < 4.78 is 101. The van der Waals surface area contributed by atoms with Crippen LogP contribution in [0.3, 0.4) is 0 Å². The molecule has 0 bridgehead atoms. The van der Waals surface area contributed by atoms with Gasteiger partial charge in [-0.25, -0.2) is 14.4 Å². The molecule has 2 aromatic rings. The molecule has 47 heavy (non-hydrogen) atoms. The molecule has 1 amide bonds. The average molecular weight is 695 g/mol. The number of aliphatic carboxylic acids is 3. The molecule has 2 aliphatic heterocycles. The van der Waals surface area contributed by atoms with Crippen molar-refractivity contribution in [3.05, 3.63) is 60.2 Å². The van der Waals surface area contributed by atoms with Crippen molar-refractivity contribution in [3.8, 4) is 0 Å². The van der Waals surface area contributed by atoms with Gasteiger partial charge in [-0.3, -0.25) is 19.7 Å². The lowest BCUT2D eigenvalue weighted by molar-refractivity contribution is -0.193. The molecule has 12 nitrogen and oxygen atoms in total. The van der Waals surface area contributed by atoms with Crippen molar-refractivity contribution in [1.82, 2.24) is 20.2 Å². The highest BCUT2D eigenvalue weighted by Gasteiger charge is 2.42. The molecule has 0 unspecified atom stereocenters. The summed E-state index contributed by atoms with van der Waals surface area (Å²) in [6.45, 7) is 2.90. The van der Waals surface area contributed by atoms with Crippen LogP contribution in [0, 0.1) is 5.92 Å². The number of pyridine rings is 2. The Hall–Kier alpha value is -4.53. The van der Waals surface area contributed by atoms with E-state index < -0.39 is 36.4 Å². The molecule has 4 N–H and O–H groups in total. The van der Waals surface area contributed by atoms with E-state index in [-0.39, 0.29) is 17.9 Å². The van der Waals surface area contributed by atoms with Crippen LogP contribution < -0.4 is 5.32 Å². The van der Waals surface area contributed by atoms with E-state index in [1.807, 2.05) is 36.7 Å². The number of fused-ring (bicyclic) bond motifs is 1. The molecule has 2 fully saturated rings. The van der Waals surface area contributed by atoms with Crippen LogP contribution in [0.2, 0.25) is 0 Å². The molecule has 262 valence electrons. The highest BCUT2D eigenvalue weighted by atomic mass is 19.4. The summed E-state index contributed by atoms with van der Waals surface area (Å²) in [5, 5.41) is 24.4. The third-order valence-corrected chi connectivity index (χ3v) is 6.04. The minimum absolute atomic E-state index is 0.0483. The fraction of sp³-hybridized carbons (Fsp3) is 0.462. The Labute approximate surface area is 259 Å². The average Bonchev–Trinajstić information content (AvgIpc) is 3.46. The van der Waals surface area contributed by atoms with E-state index in [1.165, 1.54) is 5.56 Å². The Morgan fingerprint density at radius 3 is 1.77 bits per heavy atom. The number of amides is 1. The third kappa shape index (κ3) is 15.5. The molecule has 4 rings (SSSR count). The first-order valence-electron chi connectivity index (χ1n) is 12.9. The Bertz CT molecular complexity index is 1240. The molecular formula is C26H27F9N4O8. The number of hydrogen-bond donors (Lipinski definition) is 4. The van der Waals surface area contributed by atoms with E-state index in [0.29, 0.717) is 12.6 Å². The Balaban J connectivity index is 0.000000430. The largest absolute Gasteiger partial charge is 0.490 e. The predicted octanol–water partition coefficient (Wildman–Crippen LogP) is 3.67. The second kappa shape index (κ2) is 18.0. The van der Waals surface area contributed by atoms with Gasteiger partial charge in [-0.2, -0.15) is 39.5 Å². The first-order valence-corrected chi connectivity index (χ1v) is 12.9. The summed E-state index contributed by atoms with van der Waals surface area (Å²) in [5.74, 6) is -8.22. The maximum Gasteiger partial charge on any atom is 0.490 e. The van der Waals surface area contributed by atoms with Crippen LogP contribution in [-0.2, 0) is 37.0 Å². The van der Waals surface area contributed by atoms with Gasteiger partial charge in [0.25, 0.3) is 0 Å². The monoisotopic (exact) mass is 694 g/mol.